The van der Waals surface area contributed by atoms with Crippen LogP contribution in [0, 0.1) is 0 Å². The molecule has 6 nitrogen and oxygen atoms in total. The maximum absolute atomic E-state index is 5.93. The minimum absolute atomic E-state index is 0.00222. The van der Waals surface area contributed by atoms with E-state index < -0.39 is 0 Å². The molecule has 2 N–H and O–H groups in total. The molecule has 1 fully saturated rings. The summed E-state index contributed by atoms with van der Waals surface area (Å²) in [5, 5.41) is 8.11. The van der Waals surface area contributed by atoms with Gasteiger partial charge in [0, 0.05) is 18.4 Å². The van der Waals surface area contributed by atoms with Crippen molar-refractivity contribution >= 4 is 5.78 Å². The summed E-state index contributed by atoms with van der Waals surface area (Å²) in [5.74, 6) is 1.55. The second-order valence-corrected chi connectivity index (χ2v) is 3.66. The Kier molecular flexibility index (Phi) is 1.90. The van der Waals surface area contributed by atoms with E-state index >= 15 is 0 Å². The van der Waals surface area contributed by atoms with Crippen molar-refractivity contribution in [2.75, 3.05) is 13.2 Å². The molecule has 2 aromatic rings. The number of aromatic nitrogens is 4. The van der Waals surface area contributed by atoms with Gasteiger partial charge >= 0.3 is 0 Å². The van der Waals surface area contributed by atoms with Crippen LogP contribution in [0.2, 0.25) is 0 Å². The van der Waals surface area contributed by atoms with Crippen LogP contribution >= 0.6 is 0 Å². The molecular formula is C9H11N5O. The fraction of sp³-hybridized carbons (Fsp3) is 0.444. The SMILES string of the molecule is NC1COCC1c1nnc2ncccn12. The van der Waals surface area contributed by atoms with Gasteiger partial charge in [0.2, 0.25) is 0 Å². The lowest BCUT2D eigenvalue weighted by atomic mass is 10.0. The van der Waals surface area contributed by atoms with Crippen LogP contribution in [0.3, 0.4) is 0 Å². The smallest absolute Gasteiger partial charge is 0.254 e. The zero-order valence-electron chi connectivity index (χ0n) is 8.08. The molecule has 3 heterocycles. The second-order valence-electron chi connectivity index (χ2n) is 3.66. The average Bonchev–Trinajstić information content (AvgIpc) is 2.83. The van der Waals surface area contributed by atoms with Gasteiger partial charge in [-0.05, 0) is 6.07 Å². The molecule has 1 aliphatic heterocycles. The largest absolute Gasteiger partial charge is 0.379 e. The van der Waals surface area contributed by atoms with E-state index in [4.69, 9.17) is 10.5 Å². The molecule has 2 aromatic heterocycles. The molecule has 0 aliphatic carbocycles. The topological polar surface area (TPSA) is 78.3 Å². The highest BCUT2D eigenvalue weighted by atomic mass is 16.5. The molecular weight excluding hydrogens is 194 g/mol. The molecule has 0 saturated carbocycles. The summed E-state index contributed by atoms with van der Waals surface area (Å²) < 4.78 is 7.18. The van der Waals surface area contributed by atoms with Crippen LogP contribution in [0.15, 0.2) is 18.5 Å². The summed E-state index contributed by atoms with van der Waals surface area (Å²) in [5.41, 5.74) is 5.93. The predicted octanol–water partition coefficient (Wildman–Crippen LogP) is -0.435. The van der Waals surface area contributed by atoms with Gasteiger partial charge in [0.25, 0.3) is 5.78 Å². The lowest BCUT2D eigenvalue weighted by Gasteiger charge is -2.10. The number of fused-ring (bicyclic) bond motifs is 1. The number of hydrogen-bond donors (Lipinski definition) is 1. The van der Waals surface area contributed by atoms with Gasteiger partial charge in [-0.15, -0.1) is 10.2 Å². The Morgan fingerprint density at radius 1 is 1.40 bits per heavy atom. The number of nitrogens with two attached hydrogens (primary N) is 1. The quantitative estimate of drug-likeness (QED) is 0.683. The van der Waals surface area contributed by atoms with Crippen LogP contribution in [-0.4, -0.2) is 38.8 Å². The molecule has 0 amide bonds. The number of ether oxygens (including phenoxy) is 1. The fourth-order valence-corrected chi connectivity index (χ4v) is 1.85. The van der Waals surface area contributed by atoms with Crippen molar-refractivity contribution in [1.82, 2.24) is 19.6 Å². The van der Waals surface area contributed by atoms with Crippen LogP contribution in [0.4, 0.5) is 0 Å². The van der Waals surface area contributed by atoms with E-state index in [1.165, 1.54) is 0 Å². The summed E-state index contributed by atoms with van der Waals surface area (Å²) >= 11 is 0. The van der Waals surface area contributed by atoms with E-state index in [-0.39, 0.29) is 12.0 Å². The first-order chi connectivity index (χ1) is 7.36. The van der Waals surface area contributed by atoms with Crippen LogP contribution in [-0.2, 0) is 4.74 Å². The third-order valence-corrected chi connectivity index (χ3v) is 2.67. The summed E-state index contributed by atoms with van der Waals surface area (Å²) in [6.07, 6.45) is 3.58. The molecule has 1 saturated heterocycles. The summed E-state index contributed by atoms with van der Waals surface area (Å²) in [4.78, 5) is 4.11. The van der Waals surface area contributed by atoms with E-state index in [1.54, 1.807) is 6.20 Å². The van der Waals surface area contributed by atoms with Gasteiger partial charge < -0.3 is 10.5 Å². The number of rotatable bonds is 1. The fourth-order valence-electron chi connectivity index (χ4n) is 1.85. The average molecular weight is 205 g/mol. The Balaban J connectivity index is 2.10. The Morgan fingerprint density at radius 2 is 2.33 bits per heavy atom. The first-order valence-corrected chi connectivity index (χ1v) is 4.85. The highest BCUT2D eigenvalue weighted by Crippen LogP contribution is 2.22. The second kappa shape index (κ2) is 3.25. The van der Waals surface area contributed by atoms with Gasteiger partial charge in [-0.2, -0.15) is 0 Å². The summed E-state index contributed by atoms with van der Waals surface area (Å²) in [6, 6.07) is 1.85. The first kappa shape index (κ1) is 8.75. The molecule has 0 bridgehead atoms. The van der Waals surface area contributed by atoms with Crippen LogP contribution in [0.25, 0.3) is 5.78 Å². The highest BCUT2D eigenvalue weighted by Gasteiger charge is 2.30. The van der Waals surface area contributed by atoms with E-state index in [1.807, 2.05) is 16.7 Å². The maximum Gasteiger partial charge on any atom is 0.254 e. The van der Waals surface area contributed by atoms with Crippen LogP contribution in [0.5, 0.6) is 0 Å². The highest BCUT2D eigenvalue weighted by molar-refractivity contribution is 5.28. The van der Waals surface area contributed by atoms with E-state index in [9.17, 15) is 0 Å². The van der Waals surface area contributed by atoms with Crippen LogP contribution < -0.4 is 5.73 Å². The van der Waals surface area contributed by atoms with Crippen molar-refractivity contribution in [3.8, 4) is 0 Å². The lowest BCUT2D eigenvalue weighted by Crippen LogP contribution is -2.28. The normalized spacial score (nSPS) is 26.2. The monoisotopic (exact) mass is 205 g/mol. The standard InChI is InChI=1S/C9H11N5O/c10-7-5-15-4-6(7)8-12-13-9-11-2-1-3-14(8)9/h1-3,6-7H,4-5,10H2. The molecule has 15 heavy (non-hydrogen) atoms. The summed E-state index contributed by atoms with van der Waals surface area (Å²) in [7, 11) is 0. The molecule has 1 aliphatic rings. The van der Waals surface area contributed by atoms with Gasteiger partial charge in [0.15, 0.2) is 0 Å². The first-order valence-electron chi connectivity index (χ1n) is 4.85. The Hall–Kier alpha value is -1.53. The molecule has 0 aromatic carbocycles. The molecule has 0 spiro atoms. The van der Waals surface area contributed by atoms with Crippen molar-refractivity contribution in [2.24, 2.45) is 5.73 Å². The van der Waals surface area contributed by atoms with Gasteiger partial charge in [-0.1, -0.05) is 0 Å². The Labute approximate surface area is 86.1 Å². The number of hydrogen-bond acceptors (Lipinski definition) is 5. The van der Waals surface area contributed by atoms with Crippen LogP contribution in [0.1, 0.15) is 11.7 Å². The lowest BCUT2D eigenvalue weighted by molar-refractivity contribution is 0.190. The molecule has 78 valence electrons. The zero-order chi connectivity index (χ0) is 10.3. The third kappa shape index (κ3) is 1.30. The van der Waals surface area contributed by atoms with E-state index in [0.717, 1.165) is 5.82 Å². The summed E-state index contributed by atoms with van der Waals surface area (Å²) in [6.45, 7) is 1.19. The van der Waals surface area contributed by atoms with Gasteiger partial charge in [-0.25, -0.2) is 4.98 Å². The molecule has 2 atom stereocenters. The molecule has 0 radical (unpaired) electrons. The van der Waals surface area contributed by atoms with E-state index in [0.29, 0.717) is 19.0 Å². The van der Waals surface area contributed by atoms with Gasteiger partial charge in [0.05, 0.1) is 19.1 Å². The van der Waals surface area contributed by atoms with Crippen molar-refractivity contribution in [3.05, 3.63) is 24.3 Å². The third-order valence-electron chi connectivity index (χ3n) is 2.67. The van der Waals surface area contributed by atoms with Crippen molar-refractivity contribution in [1.29, 1.82) is 0 Å². The zero-order valence-corrected chi connectivity index (χ0v) is 8.08. The maximum atomic E-state index is 5.93. The molecule has 3 rings (SSSR count). The van der Waals surface area contributed by atoms with Crippen molar-refractivity contribution in [3.63, 3.8) is 0 Å². The molecule has 2 unspecified atom stereocenters. The number of nitrogens with zero attached hydrogens (tertiary/aromatic N) is 4. The Bertz CT molecular complexity index is 482. The van der Waals surface area contributed by atoms with Gasteiger partial charge in [0.1, 0.15) is 5.82 Å². The van der Waals surface area contributed by atoms with Gasteiger partial charge in [-0.3, -0.25) is 4.40 Å². The Morgan fingerprint density at radius 3 is 3.13 bits per heavy atom. The van der Waals surface area contributed by atoms with Crippen molar-refractivity contribution < 1.29 is 4.74 Å². The minimum Gasteiger partial charge on any atom is -0.379 e. The minimum atomic E-state index is -0.00222. The molecule has 6 heteroatoms. The van der Waals surface area contributed by atoms with Crippen molar-refractivity contribution in [2.45, 2.75) is 12.0 Å². The predicted molar refractivity (Wildman–Crippen MR) is 52.3 cm³/mol. The van der Waals surface area contributed by atoms with E-state index in [2.05, 4.69) is 15.2 Å².